The summed E-state index contributed by atoms with van der Waals surface area (Å²) >= 11 is 0. The first-order chi connectivity index (χ1) is 17.5. The second-order valence-corrected chi connectivity index (χ2v) is 12.5. The molecule has 2 aliphatic heterocycles. The summed E-state index contributed by atoms with van der Waals surface area (Å²) in [5.41, 5.74) is -0.514. The largest absolute Gasteiger partial charge is 0.480 e. The molecule has 0 aromatic heterocycles. The summed E-state index contributed by atoms with van der Waals surface area (Å²) < 4.78 is 0. The van der Waals surface area contributed by atoms with Crippen molar-refractivity contribution in [3.63, 3.8) is 0 Å². The van der Waals surface area contributed by atoms with Gasteiger partial charge in [-0.15, -0.1) is 0 Å². The minimum absolute atomic E-state index is 0.00121. The molecule has 38 heavy (non-hydrogen) atoms. The van der Waals surface area contributed by atoms with Gasteiger partial charge in [0.1, 0.15) is 12.1 Å². The summed E-state index contributed by atoms with van der Waals surface area (Å²) in [7, 11) is 5.43. The van der Waals surface area contributed by atoms with Gasteiger partial charge in [0.15, 0.2) is 0 Å². The van der Waals surface area contributed by atoms with Crippen LogP contribution in [0.3, 0.4) is 0 Å². The van der Waals surface area contributed by atoms with E-state index in [2.05, 4.69) is 5.32 Å². The maximum atomic E-state index is 13.8. The Morgan fingerprint density at radius 1 is 1.08 bits per heavy atom. The number of hydrogen-bond acceptors (Lipinski definition) is 7. The molecular formula is C27H49N5O6. The molecule has 3 amide bonds. The molecule has 11 heteroatoms. The summed E-state index contributed by atoms with van der Waals surface area (Å²) in [4.78, 5) is 58.1. The van der Waals surface area contributed by atoms with Crippen LogP contribution in [-0.2, 0) is 19.2 Å². The van der Waals surface area contributed by atoms with E-state index in [0.29, 0.717) is 6.54 Å². The molecule has 1 unspecified atom stereocenters. The molecule has 2 aliphatic rings. The van der Waals surface area contributed by atoms with E-state index in [0.717, 1.165) is 25.8 Å². The van der Waals surface area contributed by atoms with E-state index in [1.54, 1.807) is 23.9 Å². The predicted molar refractivity (Wildman–Crippen MR) is 144 cm³/mol. The van der Waals surface area contributed by atoms with Crippen LogP contribution >= 0.6 is 0 Å². The van der Waals surface area contributed by atoms with Crippen molar-refractivity contribution in [2.24, 2.45) is 11.3 Å². The van der Waals surface area contributed by atoms with Crippen LogP contribution in [0.2, 0.25) is 0 Å². The van der Waals surface area contributed by atoms with Crippen LogP contribution in [-0.4, -0.2) is 131 Å². The lowest BCUT2D eigenvalue weighted by molar-refractivity contribution is -0.148. The Balaban J connectivity index is 2.11. The van der Waals surface area contributed by atoms with Gasteiger partial charge in [-0.05, 0) is 44.8 Å². The van der Waals surface area contributed by atoms with Crippen molar-refractivity contribution in [1.29, 1.82) is 0 Å². The molecule has 2 rings (SSSR count). The molecule has 11 nitrogen and oxygen atoms in total. The first-order valence-electron chi connectivity index (χ1n) is 13.7. The van der Waals surface area contributed by atoms with Gasteiger partial charge < -0.3 is 25.3 Å². The second kappa shape index (κ2) is 13.2. The maximum absolute atomic E-state index is 13.8. The summed E-state index contributed by atoms with van der Waals surface area (Å²) in [5, 5.41) is 22.4. The van der Waals surface area contributed by atoms with E-state index >= 15 is 0 Å². The Labute approximate surface area is 227 Å². The highest BCUT2D eigenvalue weighted by molar-refractivity contribution is 5.90. The van der Waals surface area contributed by atoms with Gasteiger partial charge in [0.2, 0.25) is 17.7 Å². The topological polar surface area (TPSA) is 134 Å². The number of likely N-dealkylation sites (N-methyl/N-ethyl adjacent to an activating group) is 3. The third-order valence-electron chi connectivity index (χ3n) is 7.88. The number of aliphatic hydroxyl groups is 1. The number of aliphatic hydroxyl groups excluding tert-OH is 1. The second-order valence-electron chi connectivity index (χ2n) is 12.5. The smallest absolute Gasteiger partial charge is 0.326 e. The molecule has 2 fully saturated rings. The average Bonchev–Trinajstić information content (AvgIpc) is 3.21. The molecule has 5 atom stereocenters. The number of likely N-dealkylation sites (tertiary alicyclic amines) is 2. The Kier molecular flexibility index (Phi) is 11.1. The number of rotatable bonds is 10. The normalized spacial score (nSPS) is 24.4. The molecule has 218 valence electrons. The predicted octanol–water partition coefficient (Wildman–Crippen LogP) is 0.463. The van der Waals surface area contributed by atoms with E-state index in [1.165, 1.54) is 4.90 Å². The van der Waals surface area contributed by atoms with Crippen LogP contribution in [0.25, 0.3) is 0 Å². The molecular weight excluding hydrogens is 490 g/mol. The van der Waals surface area contributed by atoms with Crippen LogP contribution in [0, 0.1) is 11.3 Å². The summed E-state index contributed by atoms with van der Waals surface area (Å²) in [6.07, 6.45) is 1.99. The molecule has 0 radical (unpaired) electrons. The standard InChI is InChI=1S/C27H49N5O6/c1-17(2)21(15-29(6)16-22(34)32-14-18(33)13-20(32)26(37)38)31(8)25(36)23(27(3,4)5)28-24(35)19-11-9-10-12-30(19)7/h17-21,23,33H,9-16H2,1-8H3,(H,28,35)(H,37,38)/t18-,19?,20+,21-,23-/m1/s1. The zero-order chi connectivity index (χ0) is 28.9. The average molecular weight is 540 g/mol. The third kappa shape index (κ3) is 8.13. The van der Waals surface area contributed by atoms with Gasteiger partial charge in [-0.25, -0.2) is 4.79 Å². The number of nitrogens with zero attached hydrogens (tertiary/aromatic N) is 4. The number of carboxylic acid groups (broad SMARTS) is 1. The highest BCUT2D eigenvalue weighted by Gasteiger charge is 2.41. The van der Waals surface area contributed by atoms with Crippen LogP contribution in [0.15, 0.2) is 0 Å². The highest BCUT2D eigenvalue weighted by atomic mass is 16.4. The lowest BCUT2D eigenvalue weighted by Crippen LogP contribution is -2.60. The number of nitrogens with one attached hydrogen (secondary N) is 1. The molecule has 0 aliphatic carbocycles. The highest BCUT2D eigenvalue weighted by Crippen LogP contribution is 2.25. The van der Waals surface area contributed by atoms with Gasteiger partial charge in [-0.3, -0.25) is 24.2 Å². The van der Waals surface area contributed by atoms with Crippen LogP contribution in [0.5, 0.6) is 0 Å². The first kappa shape index (κ1) is 32.0. The van der Waals surface area contributed by atoms with E-state index < -0.39 is 29.6 Å². The Morgan fingerprint density at radius 2 is 1.71 bits per heavy atom. The summed E-state index contributed by atoms with van der Waals surface area (Å²) in [6, 6.07) is -2.25. The number of carbonyl (C=O) groups is 4. The van der Waals surface area contributed by atoms with Crippen LogP contribution < -0.4 is 5.32 Å². The van der Waals surface area contributed by atoms with Gasteiger partial charge in [0, 0.05) is 32.6 Å². The fraction of sp³-hybridized carbons (Fsp3) is 0.852. The van der Waals surface area contributed by atoms with Gasteiger partial charge in [-0.2, -0.15) is 0 Å². The molecule has 0 saturated carbocycles. The zero-order valence-corrected chi connectivity index (χ0v) is 24.4. The Morgan fingerprint density at radius 3 is 2.24 bits per heavy atom. The van der Waals surface area contributed by atoms with E-state index in [-0.39, 0.29) is 55.2 Å². The molecule has 0 aromatic carbocycles. The van der Waals surface area contributed by atoms with Crippen molar-refractivity contribution in [3.8, 4) is 0 Å². The molecule has 2 heterocycles. The van der Waals surface area contributed by atoms with Crippen LogP contribution in [0.1, 0.15) is 60.3 Å². The lowest BCUT2D eigenvalue weighted by Gasteiger charge is -2.40. The number of aliphatic carboxylic acids is 1. The van der Waals surface area contributed by atoms with E-state index in [9.17, 15) is 29.4 Å². The quantitative estimate of drug-likeness (QED) is 0.365. The number of carboxylic acids is 1. The molecule has 0 aromatic rings. The molecule has 0 bridgehead atoms. The molecule has 0 spiro atoms. The van der Waals surface area contributed by atoms with Gasteiger partial charge in [-0.1, -0.05) is 41.0 Å². The maximum Gasteiger partial charge on any atom is 0.326 e. The van der Waals surface area contributed by atoms with Crippen LogP contribution in [0.4, 0.5) is 0 Å². The third-order valence-corrected chi connectivity index (χ3v) is 7.88. The number of carbonyl (C=O) groups excluding carboxylic acids is 3. The summed E-state index contributed by atoms with van der Waals surface area (Å²) in [6.45, 7) is 11.0. The van der Waals surface area contributed by atoms with Gasteiger partial charge in [0.05, 0.1) is 18.7 Å². The molecule has 2 saturated heterocycles. The van der Waals surface area contributed by atoms with Crippen molar-refractivity contribution in [2.75, 3.05) is 47.3 Å². The number of amides is 3. The van der Waals surface area contributed by atoms with Crippen molar-refractivity contribution in [2.45, 2.75) is 90.6 Å². The SMILES string of the molecule is CC(C)[C@@H](CN(C)CC(=O)N1C[C@H](O)C[C@H]1C(=O)O)N(C)C(=O)[C@@H](NC(=O)C1CCCCN1C)C(C)(C)C. The van der Waals surface area contributed by atoms with Gasteiger partial charge in [0.25, 0.3) is 0 Å². The zero-order valence-electron chi connectivity index (χ0n) is 24.4. The minimum atomic E-state index is -1.13. The Hall–Kier alpha value is -2.24. The van der Waals surface area contributed by atoms with E-state index in [1.807, 2.05) is 46.6 Å². The van der Waals surface area contributed by atoms with E-state index in [4.69, 9.17) is 0 Å². The van der Waals surface area contributed by atoms with Crippen molar-refractivity contribution < 1.29 is 29.4 Å². The Bertz CT molecular complexity index is 859. The number of piperidine rings is 1. The number of hydrogen-bond donors (Lipinski definition) is 3. The van der Waals surface area contributed by atoms with Crippen molar-refractivity contribution >= 4 is 23.7 Å². The molecule has 3 N–H and O–H groups in total. The number of β-amino-alcohol motifs (C(OH)–C–C–N with tert-alkyl or cyclic N) is 1. The lowest BCUT2D eigenvalue weighted by atomic mass is 9.84. The summed E-state index contributed by atoms with van der Waals surface area (Å²) in [5.74, 6) is -1.75. The minimum Gasteiger partial charge on any atom is -0.480 e. The monoisotopic (exact) mass is 539 g/mol. The fourth-order valence-electron chi connectivity index (χ4n) is 5.47. The van der Waals surface area contributed by atoms with Crippen molar-refractivity contribution in [3.05, 3.63) is 0 Å². The fourth-order valence-corrected chi connectivity index (χ4v) is 5.47. The first-order valence-corrected chi connectivity index (χ1v) is 13.7. The van der Waals surface area contributed by atoms with Crippen molar-refractivity contribution in [1.82, 2.24) is 24.9 Å². The van der Waals surface area contributed by atoms with Gasteiger partial charge >= 0.3 is 5.97 Å².